The van der Waals surface area contributed by atoms with E-state index in [-0.39, 0.29) is 13.2 Å². The van der Waals surface area contributed by atoms with Crippen LogP contribution in [-0.4, -0.2) is 34.7 Å². The van der Waals surface area contributed by atoms with E-state index in [1.165, 1.54) is 7.11 Å². The molecule has 0 aliphatic carbocycles. The predicted molar refractivity (Wildman–Crippen MR) is 66.6 cm³/mol. The summed E-state index contributed by atoms with van der Waals surface area (Å²) in [6.45, 7) is 0.0297. The molecule has 1 aromatic rings. The summed E-state index contributed by atoms with van der Waals surface area (Å²) in [6, 6.07) is 1.42. The molecule has 1 aromatic carbocycles. The molecule has 0 bridgehead atoms. The van der Waals surface area contributed by atoms with Crippen LogP contribution in [0, 0.1) is 5.82 Å². The Bertz CT molecular complexity index is 588. The van der Waals surface area contributed by atoms with E-state index in [0.29, 0.717) is 6.07 Å². The van der Waals surface area contributed by atoms with Crippen LogP contribution in [0.2, 0.25) is 5.02 Å². The first-order valence-corrected chi connectivity index (χ1v) is 7.56. The Kier molecular flexibility index (Phi) is 5.54. The number of methoxy groups -OCH3 is 1. The van der Waals surface area contributed by atoms with E-state index >= 15 is 0 Å². The Morgan fingerprint density at radius 1 is 1.37 bits per heavy atom. The summed E-state index contributed by atoms with van der Waals surface area (Å²) < 4.78 is 45.2. The number of esters is 1. The van der Waals surface area contributed by atoms with Crippen molar-refractivity contribution in [1.82, 2.24) is 0 Å². The third kappa shape index (κ3) is 4.31. The molecule has 0 atom stereocenters. The summed E-state index contributed by atoms with van der Waals surface area (Å²) in [4.78, 5) is 11.0. The van der Waals surface area contributed by atoms with Crippen molar-refractivity contribution in [3.63, 3.8) is 0 Å². The van der Waals surface area contributed by atoms with Crippen LogP contribution in [0.5, 0.6) is 0 Å². The first kappa shape index (κ1) is 16.2. The minimum absolute atomic E-state index is 0.0969. The Morgan fingerprint density at radius 2 is 2.00 bits per heavy atom. The van der Waals surface area contributed by atoms with Crippen LogP contribution < -0.4 is 0 Å². The second-order valence-corrected chi connectivity index (χ2v) is 6.27. The Labute approximate surface area is 118 Å². The van der Waals surface area contributed by atoms with Gasteiger partial charge < -0.3 is 9.47 Å². The van der Waals surface area contributed by atoms with Crippen LogP contribution in [-0.2, 0) is 18.5 Å². The zero-order valence-electron chi connectivity index (χ0n) is 9.65. The van der Waals surface area contributed by atoms with Gasteiger partial charge in [-0.15, -0.1) is 0 Å². The van der Waals surface area contributed by atoms with Crippen LogP contribution in [0.15, 0.2) is 17.0 Å². The van der Waals surface area contributed by atoms with Crippen LogP contribution >= 0.6 is 22.3 Å². The number of carbonyl (C=O) groups is 1. The van der Waals surface area contributed by atoms with Gasteiger partial charge in [-0.3, -0.25) is 0 Å². The van der Waals surface area contributed by atoms with Gasteiger partial charge in [0.25, 0.3) is 9.05 Å². The molecule has 9 heteroatoms. The molecule has 0 aliphatic rings. The smallest absolute Gasteiger partial charge is 0.341 e. The molecule has 0 fully saturated rings. The van der Waals surface area contributed by atoms with E-state index in [0.717, 1.165) is 6.07 Å². The molecule has 1 rings (SSSR count). The zero-order chi connectivity index (χ0) is 14.6. The highest BCUT2D eigenvalue weighted by molar-refractivity contribution is 8.13. The average Bonchev–Trinajstić information content (AvgIpc) is 2.27. The van der Waals surface area contributed by atoms with Crippen molar-refractivity contribution >= 4 is 37.3 Å². The summed E-state index contributed by atoms with van der Waals surface area (Å²) in [6.07, 6.45) is 0. The Morgan fingerprint density at radius 3 is 2.53 bits per heavy atom. The van der Waals surface area contributed by atoms with Gasteiger partial charge in [0.05, 0.1) is 17.2 Å². The Hall–Kier alpha value is -0.890. The fourth-order valence-corrected chi connectivity index (χ4v) is 2.67. The second-order valence-electron chi connectivity index (χ2n) is 3.33. The number of halogens is 3. The SMILES string of the molecule is COCCOC(=O)c1cc(S(=O)(=O)Cl)c(Cl)cc1F. The van der Waals surface area contributed by atoms with E-state index in [4.69, 9.17) is 22.3 Å². The van der Waals surface area contributed by atoms with Crippen molar-refractivity contribution in [3.05, 3.63) is 28.5 Å². The fraction of sp³-hybridized carbons (Fsp3) is 0.300. The van der Waals surface area contributed by atoms with Gasteiger partial charge in [-0.25, -0.2) is 17.6 Å². The molecule has 0 N–H and O–H groups in total. The Balaban J connectivity index is 3.11. The molecule has 0 saturated heterocycles. The molecule has 5 nitrogen and oxygen atoms in total. The summed E-state index contributed by atoms with van der Waals surface area (Å²) >= 11 is 5.54. The van der Waals surface area contributed by atoms with Gasteiger partial charge in [-0.05, 0) is 12.1 Å². The average molecular weight is 331 g/mol. The van der Waals surface area contributed by atoms with Gasteiger partial charge in [-0.1, -0.05) is 11.6 Å². The first-order chi connectivity index (χ1) is 8.77. The lowest BCUT2D eigenvalue weighted by atomic mass is 10.2. The summed E-state index contributed by atoms with van der Waals surface area (Å²) in [5.41, 5.74) is -0.570. The molecular formula is C10H9Cl2FO5S. The summed E-state index contributed by atoms with van der Waals surface area (Å²) in [5, 5.41) is -0.416. The molecule has 0 heterocycles. The van der Waals surface area contributed by atoms with Gasteiger partial charge >= 0.3 is 5.97 Å². The lowest BCUT2D eigenvalue weighted by Gasteiger charge is -2.07. The number of carbonyl (C=O) groups excluding carboxylic acids is 1. The van der Waals surface area contributed by atoms with Gasteiger partial charge in [0, 0.05) is 17.8 Å². The second kappa shape index (κ2) is 6.51. The van der Waals surface area contributed by atoms with Crippen LogP contribution in [0.1, 0.15) is 10.4 Å². The number of hydrogen-bond donors (Lipinski definition) is 0. The van der Waals surface area contributed by atoms with Crippen molar-refractivity contribution in [2.24, 2.45) is 0 Å². The van der Waals surface area contributed by atoms with Crippen LogP contribution in [0.3, 0.4) is 0 Å². The third-order valence-corrected chi connectivity index (χ3v) is 3.81. The molecule has 0 radical (unpaired) electrons. The maximum Gasteiger partial charge on any atom is 0.341 e. The van der Waals surface area contributed by atoms with E-state index < -0.39 is 36.3 Å². The molecule has 19 heavy (non-hydrogen) atoms. The largest absolute Gasteiger partial charge is 0.460 e. The molecule has 0 aromatic heterocycles. The molecule has 0 amide bonds. The van der Waals surface area contributed by atoms with Gasteiger partial charge in [0.1, 0.15) is 17.3 Å². The highest BCUT2D eigenvalue weighted by Crippen LogP contribution is 2.28. The van der Waals surface area contributed by atoms with E-state index in [1.54, 1.807) is 0 Å². The maximum absolute atomic E-state index is 13.5. The van der Waals surface area contributed by atoms with E-state index in [2.05, 4.69) is 9.47 Å². The highest BCUT2D eigenvalue weighted by Gasteiger charge is 2.22. The minimum Gasteiger partial charge on any atom is -0.460 e. The zero-order valence-corrected chi connectivity index (χ0v) is 12.0. The molecule has 0 saturated carbocycles. The van der Waals surface area contributed by atoms with E-state index in [9.17, 15) is 17.6 Å². The lowest BCUT2D eigenvalue weighted by molar-refractivity contribution is 0.0383. The standard InChI is InChI=1S/C10H9Cl2FO5S/c1-17-2-3-18-10(14)6-4-9(19(12,15)16)7(11)5-8(6)13/h4-5H,2-3H2,1H3. The van der Waals surface area contributed by atoms with Crippen LogP contribution in [0.4, 0.5) is 4.39 Å². The van der Waals surface area contributed by atoms with Crippen molar-refractivity contribution in [2.45, 2.75) is 4.90 Å². The number of benzene rings is 1. The van der Waals surface area contributed by atoms with Crippen molar-refractivity contribution in [1.29, 1.82) is 0 Å². The van der Waals surface area contributed by atoms with Gasteiger partial charge in [0.2, 0.25) is 0 Å². The van der Waals surface area contributed by atoms with Crippen molar-refractivity contribution in [3.8, 4) is 0 Å². The van der Waals surface area contributed by atoms with Crippen molar-refractivity contribution in [2.75, 3.05) is 20.3 Å². The molecule has 0 unspecified atom stereocenters. The maximum atomic E-state index is 13.5. The number of ether oxygens (including phenoxy) is 2. The molecule has 0 aliphatic heterocycles. The van der Waals surface area contributed by atoms with Crippen LogP contribution in [0.25, 0.3) is 0 Å². The fourth-order valence-electron chi connectivity index (χ4n) is 1.17. The number of hydrogen-bond acceptors (Lipinski definition) is 5. The molecule has 0 spiro atoms. The third-order valence-electron chi connectivity index (χ3n) is 2.02. The minimum atomic E-state index is -4.19. The molecular weight excluding hydrogens is 322 g/mol. The monoisotopic (exact) mass is 330 g/mol. The topological polar surface area (TPSA) is 69.7 Å². The highest BCUT2D eigenvalue weighted by atomic mass is 35.7. The quantitative estimate of drug-likeness (QED) is 0.470. The van der Waals surface area contributed by atoms with Gasteiger partial charge in [0.15, 0.2) is 0 Å². The van der Waals surface area contributed by atoms with E-state index in [1.807, 2.05) is 0 Å². The predicted octanol–water partition coefficient (Wildman–Crippen LogP) is 2.21. The van der Waals surface area contributed by atoms with Gasteiger partial charge in [-0.2, -0.15) is 0 Å². The van der Waals surface area contributed by atoms with Crippen molar-refractivity contribution < 1.29 is 27.1 Å². The summed E-state index contributed by atoms with van der Waals surface area (Å²) in [7, 11) is 2.32. The lowest BCUT2D eigenvalue weighted by Crippen LogP contribution is -2.12. The normalized spacial score (nSPS) is 11.4. The molecule has 106 valence electrons. The summed E-state index contributed by atoms with van der Waals surface area (Å²) in [5.74, 6) is -2.04. The first-order valence-electron chi connectivity index (χ1n) is 4.87. The number of rotatable bonds is 5.